The molecule has 0 heterocycles. The number of halogens is 1. The minimum Gasteiger partial charge on any atom is -0.352 e. The van der Waals surface area contributed by atoms with Crippen LogP contribution >= 0.6 is 0 Å². The summed E-state index contributed by atoms with van der Waals surface area (Å²) in [6.07, 6.45) is 0.402. The zero-order valence-electron chi connectivity index (χ0n) is 16.1. The van der Waals surface area contributed by atoms with Crippen molar-refractivity contribution in [1.82, 2.24) is 10.2 Å². The maximum Gasteiger partial charge on any atom is 0.243 e. The van der Waals surface area contributed by atoms with Crippen molar-refractivity contribution in [3.63, 3.8) is 0 Å². The molecule has 2 amide bonds. The molecule has 1 atom stereocenters. The highest BCUT2D eigenvalue weighted by atomic mass is 19.1. The molecule has 0 radical (unpaired) electrons. The van der Waals surface area contributed by atoms with Crippen LogP contribution in [0.2, 0.25) is 0 Å². The first-order valence-corrected chi connectivity index (χ1v) is 9.29. The molecule has 0 saturated carbocycles. The zero-order valence-corrected chi connectivity index (χ0v) is 16.1. The number of amides is 2. The molecule has 1 N–H and O–H groups in total. The standard InChI is InChI=1S/C22H27FN2O2/c1-4-20(22(27)24-16(2)3)25(15-17-10-6-5-7-11-17)21(26)14-18-12-8-9-13-19(18)23/h5-13,16,20H,4,14-15H2,1-3H3,(H,24,27)/t20-/m1/s1. The number of nitrogens with one attached hydrogen (secondary N) is 1. The molecule has 27 heavy (non-hydrogen) atoms. The molecule has 0 saturated heterocycles. The van der Waals surface area contributed by atoms with Gasteiger partial charge >= 0.3 is 0 Å². The summed E-state index contributed by atoms with van der Waals surface area (Å²) in [5.41, 5.74) is 1.26. The molecule has 2 aromatic rings. The van der Waals surface area contributed by atoms with Crippen LogP contribution in [0.4, 0.5) is 4.39 Å². The fourth-order valence-corrected chi connectivity index (χ4v) is 2.99. The molecular weight excluding hydrogens is 343 g/mol. The van der Waals surface area contributed by atoms with Crippen molar-refractivity contribution in [2.24, 2.45) is 0 Å². The van der Waals surface area contributed by atoms with Gasteiger partial charge in [0.25, 0.3) is 0 Å². The summed E-state index contributed by atoms with van der Waals surface area (Å²) < 4.78 is 14.0. The van der Waals surface area contributed by atoms with Gasteiger partial charge in [0.1, 0.15) is 11.9 Å². The van der Waals surface area contributed by atoms with E-state index in [1.807, 2.05) is 51.1 Å². The van der Waals surface area contributed by atoms with Gasteiger partial charge < -0.3 is 10.2 Å². The van der Waals surface area contributed by atoms with Crippen LogP contribution in [0, 0.1) is 5.82 Å². The molecule has 5 heteroatoms. The van der Waals surface area contributed by atoms with Crippen molar-refractivity contribution in [2.75, 3.05) is 0 Å². The lowest BCUT2D eigenvalue weighted by molar-refractivity contribution is -0.141. The third kappa shape index (κ3) is 5.91. The van der Waals surface area contributed by atoms with E-state index in [0.29, 0.717) is 18.5 Å². The molecule has 0 unspecified atom stereocenters. The monoisotopic (exact) mass is 370 g/mol. The van der Waals surface area contributed by atoms with E-state index in [1.165, 1.54) is 6.07 Å². The number of nitrogens with zero attached hydrogens (tertiary/aromatic N) is 1. The van der Waals surface area contributed by atoms with Crippen molar-refractivity contribution in [3.05, 3.63) is 71.5 Å². The minimum absolute atomic E-state index is 0.0215. The van der Waals surface area contributed by atoms with Crippen LogP contribution in [0.1, 0.15) is 38.3 Å². The lowest BCUT2D eigenvalue weighted by atomic mass is 10.1. The van der Waals surface area contributed by atoms with Crippen LogP contribution < -0.4 is 5.32 Å². The number of hydrogen-bond donors (Lipinski definition) is 1. The number of carbonyl (C=O) groups excluding carboxylic acids is 2. The minimum atomic E-state index is -0.605. The van der Waals surface area contributed by atoms with Crippen LogP contribution in [-0.2, 0) is 22.6 Å². The quantitative estimate of drug-likeness (QED) is 0.770. The van der Waals surface area contributed by atoms with Crippen LogP contribution in [0.3, 0.4) is 0 Å². The van der Waals surface area contributed by atoms with Crippen molar-refractivity contribution >= 4 is 11.8 Å². The molecule has 0 spiro atoms. The maximum absolute atomic E-state index is 14.0. The van der Waals surface area contributed by atoms with E-state index in [9.17, 15) is 14.0 Å². The molecule has 0 aliphatic rings. The molecule has 0 bridgehead atoms. The molecule has 2 rings (SSSR count). The van der Waals surface area contributed by atoms with Gasteiger partial charge in [0.2, 0.25) is 11.8 Å². The lowest BCUT2D eigenvalue weighted by Gasteiger charge is -2.31. The Morgan fingerprint density at radius 2 is 1.67 bits per heavy atom. The number of rotatable bonds is 8. The fourth-order valence-electron chi connectivity index (χ4n) is 2.99. The van der Waals surface area contributed by atoms with Gasteiger partial charge in [0, 0.05) is 12.6 Å². The van der Waals surface area contributed by atoms with Crippen LogP contribution in [0.25, 0.3) is 0 Å². The highest BCUT2D eigenvalue weighted by Gasteiger charge is 2.29. The predicted octanol–water partition coefficient (Wildman–Crippen LogP) is 3.70. The van der Waals surface area contributed by atoms with E-state index in [0.717, 1.165) is 5.56 Å². The zero-order chi connectivity index (χ0) is 19.8. The van der Waals surface area contributed by atoms with Crippen LogP contribution in [0.5, 0.6) is 0 Å². The van der Waals surface area contributed by atoms with E-state index >= 15 is 0 Å². The van der Waals surface area contributed by atoms with Crippen LogP contribution in [0.15, 0.2) is 54.6 Å². The molecule has 4 nitrogen and oxygen atoms in total. The Hall–Kier alpha value is -2.69. The Balaban J connectivity index is 2.28. The van der Waals surface area contributed by atoms with E-state index in [1.54, 1.807) is 23.1 Å². The number of carbonyl (C=O) groups is 2. The second-order valence-corrected chi connectivity index (χ2v) is 6.86. The van der Waals surface area contributed by atoms with Gasteiger partial charge in [0.15, 0.2) is 0 Å². The Bertz CT molecular complexity index is 762. The first-order chi connectivity index (χ1) is 12.9. The summed E-state index contributed by atoms with van der Waals surface area (Å²) in [6.45, 7) is 5.94. The third-order valence-electron chi connectivity index (χ3n) is 4.31. The predicted molar refractivity (Wildman–Crippen MR) is 104 cm³/mol. The molecule has 0 fully saturated rings. The average Bonchev–Trinajstić information content (AvgIpc) is 2.63. The third-order valence-corrected chi connectivity index (χ3v) is 4.31. The normalized spacial score (nSPS) is 11.9. The molecule has 0 aliphatic carbocycles. The summed E-state index contributed by atoms with van der Waals surface area (Å²) in [4.78, 5) is 27.3. The van der Waals surface area contributed by atoms with Gasteiger partial charge in [-0.3, -0.25) is 9.59 Å². The Labute approximate surface area is 160 Å². The Morgan fingerprint density at radius 3 is 2.26 bits per heavy atom. The number of benzene rings is 2. The average molecular weight is 370 g/mol. The Morgan fingerprint density at radius 1 is 1.04 bits per heavy atom. The molecule has 0 aromatic heterocycles. The van der Waals surface area contributed by atoms with Gasteiger partial charge in [0.05, 0.1) is 6.42 Å². The molecule has 2 aromatic carbocycles. The van der Waals surface area contributed by atoms with Gasteiger partial charge in [-0.2, -0.15) is 0 Å². The Kier molecular flexibility index (Phi) is 7.53. The summed E-state index contributed by atoms with van der Waals surface area (Å²) in [5, 5.41) is 2.88. The van der Waals surface area contributed by atoms with Crippen molar-refractivity contribution in [2.45, 2.75) is 52.2 Å². The van der Waals surface area contributed by atoms with E-state index in [-0.39, 0.29) is 24.3 Å². The maximum atomic E-state index is 14.0. The van der Waals surface area contributed by atoms with Crippen molar-refractivity contribution < 1.29 is 14.0 Å². The highest BCUT2D eigenvalue weighted by molar-refractivity contribution is 5.88. The largest absolute Gasteiger partial charge is 0.352 e. The highest BCUT2D eigenvalue weighted by Crippen LogP contribution is 2.16. The SMILES string of the molecule is CC[C@H](C(=O)NC(C)C)N(Cc1ccccc1)C(=O)Cc1ccccc1F. The van der Waals surface area contributed by atoms with Crippen LogP contribution in [-0.4, -0.2) is 28.8 Å². The summed E-state index contributed by atoms with van der Waals surface area (Å²) in [7, 11) is 0. The molecule has 0 aliphatic heterocycles. The topological polar surface area (TPSA) is 49.4 Å². The smallest absolute Gasteiger partial charge is 0.243 e. The summed E-state index contributed by atoms with van der Waals surface area (Å²) >= 11 is 0. The summed E-state index contributed by atoms with van der Waals surface area (Å²) in [6, 6.07) is 15.1. The second-order valence-electron chi connectivity index (χ2n) is 6.86. The van der Waals surface area contributed by atoms with Gasteiger partial charge in [-0.15, -0.1) is 0 Å². The van der Waals surface area contributed by atoms with Gasteiger partial charge in [-0.1, -0.05) is 55.5 Å². The van der Waals surface area contributed by atoms with Gasteiger partial charge in [-0.25, -0.2) is 4.39 Å². The first kappa shape index (κ1) is 20.6. The van der Waals surface area contributed by atoms with E-state index < -0.39 is 11.9 Å². The fraction of sp³-hybridized carbons (Fsp3) is 0.364. The van der Waals surface area contributed by atoms with E-state index in [2.05, 4.69) is 5.32 Å². The first-order valence-electron chi connectivity index (χ1n) is 9.29. The van der Waals surface area contributed by atoms with Crippen molar-refractivity contribution in [3.8, 4) is 0 Å². The van der Waals surface area contributed by atoms with Crippen molar-refractivity contribution in [1.29, 1.82) is 0 Å². The van der Waals surface area contributed by atoms with E-state index in [4.69, 9.17) is 0 Å². The molecule has 144 valence electrons. The lowest BCUT2D eigenvalue weighted by Crippen LogP contribution is -2.50. The number of hydrogen-bond acceptors (Lipinski definition) is 2. The summed E-state index contributed by atoms with van der Waals surface area (Å²) in [5.74, 6) is -0.870. The second kappa shape index (κ2) is 9.86. The van der Waals surface area contributed by atoms with Gasteiger partial charge in [-0.05, 0) is 37.5 Å². The molecular formula is C22H27FN2O2.